The summed E-state index contributed by atoms with van der Waals surface area (Å²) in [5, 5.41) is 0. The van der Waals surface area contributed by atoms with Gasteiger partial charge in [0.15, 0.2) is 0 Å². The first-order chi connectivity index (χ1) is 34.7. The van der Waals surface area contributed by atoms with Crippen LogP contribution < -0.4 is 0 Å². The molecule has 336 valence electrons. The van der Waals surface area contributed by atoms with Crippen molar-refractivity contribution in [1.29, 1.82) is 0 Å². The summed E-state index contributed by atoms with van der Waals surface area (Å²) in [6.07, 6.45) is 9.71. The van der Waals surface area contributed by atoms with Gasteiger partial charge in [-0.25, -0.2) is 0 Å². The second-order valence-electron chi connectivity index (χ2n) is 17.1. The van der Waals surface area contributed by atoms with Gasteiger partial charge in [0.05, 0.1) is 0 Å². The predicted octanol–water partition coefficient (Wildman–Crippen LogP) is 15.9. The van der Waals surface area contributed by atoms with Crippen LogP contribution in [0.5, 0.6) is 0 Å². The predicted molar refractivity (Wildman–Crippen MR) is 284 cm³/mol. The third-order valence-corrected chi connectivity index (χ3v) is 12.8. The Balaban J connectivity index is 0.00000547. The second-order valence-corrected chi connectivity index (χ2v) is 17.1. The fraction of sp³-hybridized carbons (Fsp3) is 0. The summed E-state index contributed by atoms with van der Waals surface area (Å²) in [5.74, 6) is 0. The quantitative estimate of drug-likeness (QED) is 0.121. The molecule has 5 nitrogen and oxygen atoms in total. The molecule has 12 rings (SSSR count). The molecule has 0 aliphatic rings. The van der Waals surface area contributed by atoms with Gasteiger partial charge in [-0.2, -0.15) is 0 Å². The van der Waals surface area contributed by atoms with Crippen LogP contribution >= 0.6 is 0 Å². The second kappa shape index (κ2) is 20.0. The Morgan fingerprint density at radius 3 is 1.28 bits per heavy atom. The van der Waals surface area contributed by atoms with Crippen LogP contribution in [-0.4, -0.2) is 24.1 Å². The Bertz CT molecular complexity index is 3580. The normalized spacial score (nSPS) is 11.0. The van der Waals surface area contributed by atoms with Crippen molar-refractivity contribution in [3.8, 4) is 112 Å². The van der Waals surface area contributed by atoms with Gasteiger partial charge in [-0.15, -0.1) is 83.4 Å². The maximum Gasteiger partial charge on any atom is 3.00 e. The summed E-state index contributed by atoms with van der Waals surface area (Å²) in [7, 11) is 0. The van der Waals surface area contributed by atoms with Gasteiger partial charge in [-0.05, 0) is 140 Å². The van der Waals surface area contributed by atoms with Crippen molar-refractivity contribution in [1.82, 2.24) is 24.1 Å². The molecule has 6 heteroatoms. The molecule has 7 aromatic carbocycles. The van der Waals surface area contributed by atoms with Crippen molar-refractivity contribution >= 4 is 0 Å². The molecule has 0 amide bonds. The van der Waals surface area contributed by atoms with Gasteiger partial charge in [0.2, 0.25) is 0 Å². The standard InChI is InChI=1S/C65H42N5.Ir/c1-2-14-46(15-3-1)47-23-25-48(26-24-47)60-45-51(63-20-8-11-39-68-63)31-36-59(60)58-17-5-4-16-57(58)52-42-53(64-21-12-40-69(64)55-32-27-49(28-33-55)61-18-6-9-37-66-61)44-54(43-52)65-22-13-41-70(65)56-34-29-50(30-35-56)62-19-7-10-38-67-62;/h1-27,29,32-45H;/q-3;+3. The molecule has 5 aromatic heterocycles. The van der Waals surface area contributed by atoms with Crippen LogP contribution in [0.3, 0.4) is 0 Å². The number of rotatable bonds is 11. The molecule has 0 N–H and O–H groups in total. The van der Waals surface area contributed by atoms with Crippen molar-refractivity contribution in [3.05, 3.63) is 274 Å². The molecule has 0 radical (unpaired) electrons. The monoisotopic (exact) mass is 1090 g/mol. The molecule has 5 heterocycles. The van der Waals surface area contributed by atoms with Gasteiger partial charge < -0.3 is 24.1 Å². The zero-order valence-electron chi connectivity index (χ0n) is 38.3. The van der Waals surface area contributed by atoms with E-state index in [2.05, 4.69) is 207 Å². The average Bonchev–Trinajstić information content (AvgIpc) is 4.16. The minimum absolute atomic E-state index is 0. The molecule has 0 spiro atoms. The third-order valence-electron chi connectivity index (χ3n) is 12.8. The molecule has 71 heavy (non-hydrogen) atoms. The third kappa shape index (κ3) is 9.14. The van der Waals surface area contributed by atoms with Crippen molar-refractivity contribution in [2.24, 2.45) is 0 Å². The zero-order chi connectivity index (χ0) is 46.6. The molecular weight excluding hydrogens is 1040 g/mol. The fourth-order valence-corrected chi connectivity index (χ4v) is 9.32. The number of aromatic nitrogens is 5. The largest absolute Gasteiger partial charge is 3.00 e. The van der Waals surface area contributed by atoms with Gasteiger partial charge in [-0.1, -0.05) is 132 Å². The van der Waals surface area contributed by atoms with Crippen LogP contribution in [0.25, 0.3) is 112 Å². The summed E-state index contributed by atoms with van der Waals surface area (Å²) in [5.41, 5.74) is 20.7. The first-order valence-corrected chi connectivity index (χ1v) is 23.3. The summed E-state index contributed by atoms with van der Waals surface area (Å²) in [6, 6.07) is 89.2. The minimum Gasteiger partial charge on any atom is -0.357 e. The van der Waals surface area contributed by atoms with Crippen molar-refractivity contribution in [2.45, 2.75) is 0 Å². The van der Waals surface area contributed by atoms with Crippen LogP contribution in [0.15, 0.2) is 255 Å². The van der Waals surface area contributed by atoms with E-state index in [1.165, 1.54) is 11.1 Å². The maximum atomic E-state index is 4.72. The molecule has 0 fully saturated rings. The Kier molecular flexibility index (Phi) is 12.6. The van der Waals surface area contributed by atoms with Gasteiger partial charge in [0, 0.05) is 30.0 Å². The summed E-state index contributed by atoms with van der Waals surface area (Å²) < 4.78 is 4.47. The number of nitrogens with zero attached hydrogens (tertiary/aromatic N) is 5. The first-order valence-electron chi connectivity index (χ1n) is 23.3. The van der Waals surface area contributed by atoms with Crippen LogP contribution in [0.4, 0.5) is 0 Å². The van der Waals surface area contributed by atoms with E-state index in [9.17, 15) is 0 Å². The van der Waals surface area contributed by atoms with Crippen molar-refractivity contribution < 1.29 is 20.1 Å². The van der Waals surface area contributed by atoms with Crippen LogP contribution in [-0.2, 0) is 20.1 Å². The van der Waals surface area contributed by atoms with E-state index in [-0.39, 0.29) is 20.1 Å². The molecule has 0 aliphatic heterocycles. The number of pyridine rings is 3. The number of hydrogen-bond donors (Lipinski definition) is 0. The van der Waals surface area contributed by atoms with Crippen LogP contribution in [0.2, 0.25) is 0 Å². The van der Waals surface area contributed by atoms with Crippen molar-refractivity contribution in [3.63, 3.8) is 0 Å². The Morgan fingerprint density at radius 1 is 0.296 bits per heavy atom. The molecule has 0 unspecified atom stereocenters. The molecule has 0 saturated heterocycles. The Labute approximate surface area is 427 Å². The summed E-state index contributed by atoms with van der Waals surface area (Å²) >= 11 is 0. The summed E-state index contributed by atoms with van der Waals surface area (Å²) in [4.78, 5) is 13.8. The van der Waals surface area contributed by atoms with E-state index in [0.29, 0.717) is 0 Å². The number of benzene rings is 7. The van der Waals surface area contributed by atoms with Crippen LogP contribution in [0.1, 0.15) is 0 Å². The molecular formula is C65H42IrN5. The van der Waals surface area contributed by atoms with Gasteiger partial charge in [0.1, 0.15) is 0 Å². The number of hydrogen-bond acceptors (Lipinski definition) is 3. The smallest absolute Gasteiger partial charge is 0.357 e. The Morgan fingerprint density at radius 2 is 0.761 bits per heavy atom. The van der Waals surface area contributed by atoms with E-state index in [1.54, 1.807) is 0 Å². The molecule has 0 atom stereocenters. The van der Waals surface area contributed by atoms with Gasteiger partial charge >= 0.3 is 20.1 Å². The first kappa shape index (κ1) is 44.7. The van der Waals surface area contributed by atoms with E-state index < -0.39 is 0 Å². The molecule has 0 saturated carbocycles. The Hall–Kier alpha value is -8.80. The van der Waals surface area contributed by atoms with Crippen molar-refractivity contribution in [2.75, 3.05) is 0 Å². The van der Waals surface area contributed by atoms with Gasteiger partial charge in [0.25, 0.3) is 0 Å². The summed E-state index contributed by atoms with van der Waals surface area (Å²) in [6.45, 7) is 0. The maximum absolute atomic E-state index is 4.72. The van der Waals surface area contributed by atoms with E-state index >= 15 is 0 Å². The van der Waals surface area contributed by atoms with E-state index in [0.717, 1.165) is 101 Å². The molecule has 0 bridgehead atoms. The van der Waals surface area contributed by atoms with E-state index in [1.807, 2.05) is 85.3 Å². The van der Waals surface area contributed by atoms with Crippen LogP contribution in [0, 0.1) is 18.2 Å². The fourth-order valence-electron chi connectivity index (χ4n) is 9.32. The SMILES string of the molecule is [Ir+3].[c-]1cc(-n2cccc2-c2cc(-c3ccccc3-c3c[c-]c(-c4ccccn4)cc3-c3ccc(-c4ccccc4)cc3)cc(-c3cccn3-c3c[c-]c(-c4ccccn4)cc3)c2)ccc1-c1ccccn1. The zero-order valence-corrected chi connectivity index (χ0v) is 40.7. The topological polar surface area (TPSA) is 48.5 Å². The average molecular weight is 1090 g/mol. The van der Waals surface area contributed by atoms with E-state index in [4.69, 9.17) is 4.98 Å². The minimum atomic E-state index is 0. The molecule has 0 aliphatic carbocycles. The molecule has 12 aromatic rings. The van der Waals surface area contributed by atoms with Gasteiger partial charge in [-0.3, -0.25) is 0 Å².